The zero-order valence-electron chi connectivity index (χ0n) is 11.8. The molecule has 0 saturated carbocycles. The Morgan fingerprint density at radius 1 is 1.23 bits per heavy atom. The van der Waals surface area contributed by atoms with Crippen molar-refractivity contribution in [2.75, 3.05) is 11.9 Å². The SMILES string of the molecule is Cc1cc(NC(=O)COc2ccc3cc(Br)ccc3c2)no1. The van der Waals surface area contributed by atoms with Crippen LogP contribution in [-0.4, -0.2) is 17.7 Å². The lowest BCUT2D eigenvalue weighted by Crippen LogP contribution is -2.20. The van der Waals surface area contributed by atoms with Gasteiger partial charge < -0.3 is 14.6 Å². The van der Waals surface area contributed by atoms with Crippen LogP contribution in [-0.2, 0) is 4.79 Å². The maximum Gasteiger partial charge on any atom is 0.263 e. The molecule has 0 bridgehead atoms. The molecule has 1 heterocycles. The normalized spacial score (nSPS) is 10.6. The Morgan fingerprint density at radius 2 is 2.00 bits per heavy atom. The van der Waals surface area contributed by atoms with Gasteiger partial charge in [0.2, 0.25) is 0 Å². The van der Waals surface area contributed by atoms with Crippen molar-refractivity contribution in [2.24, 2.45) is 0 Å². The van der Waals surface area contributed by atoms with Crippen molar-refractivity contribution in [2.45, 2.75) is 6.92 Å². The number of nitrogens with zero attached hydrogens (tertiary/aromatic N) is 1. The van der Waals surface area contributed by atoms with Gasteiger partial charge in [0.05, 0.1) is 0 Å². The minimum Gasteiger partial charge on any atom is -0.484 e. The third-order valence-corrected chi connectivity index (χ3v) is 3.53. The van der Waals surface area contributed by atoms with Crippen molar-refractivity contribution in [3.8, 4) is 5.75 Å². The number of hydrogen-bond acceptors (Lipinski definition) is 4. The van der Waals surface area contributed by atoms with Gasteiger partial charge in [-0.25, -0.2) is 0 Å². The standard InChI is InChI=1S/C16H13BrN2O3/c1-10-6-15(19-22-10)18-16(20)9-21-14-5-3-11-7-13(17)4-2-12(11)8-14/h2-8H,9H2,1H3,(H,18,19,20). The minimum atomic E-state index is -0.288. The molecule has 22 heavy (non-hydrogen) atoms. The van der Waals surface area contributed by atoms with Gasteiger partial charge in [-0.1, -0.05) is 33.2 Å². The molecule has 6 heteroatoms. The zero-order chi connectivity index (χ0) is 15.5. The number of benzene rings is 2. The lowest BCUT2D eigenvalue weighted by atomic mass is 10.1. The van der Waals surface area contributed by atoms with Gasteiger partial charge in [-0.15, -0.1) is 0 Å². The second kappa shape index (κ2) is 6.19. The number of anilines is 1. The average molecular weight is 361 g/mol. The van der Waals surface area contributed by atoms with Gasteiger partial charge >= 0.3 is 0 Å². The van der Waals surface area contributed by atoms with E-state index >= 15 is 0 Å². The first kappa shape index (κ1) is 14.6. The fourth-order valence-corrected chi connectivity index (χ4v) is 2.42. The number of amides is 1. The largest absolute Gasteiger partial charge is 0.484 e. The van der Waals surface area contributed by atoms with Crippen LogP contribution in [0.25, 0.3) is 10.8 Å². The van der Waals surface area contributed by atoms with Gasteiger partial charge in [-0.3, -0.25) is 4.79 Å². The van der Waals surface area contributed by atoms with Gasteiger partial charge in [0.25, 0.3) is 5.91 Å². The van der Waals surface area contributed by atoms with E-state index in [9.17, 15) is 4.79 Å². The van der Waals surface area contributed by atoms with Gasteiger partial charge in [0, 0.05) is 10.5 Å². The molecular formula is C16H13BrN2O3. The van der Waals surface area contributed by atoms with Crippen molar-refractivity contribution < 1.29 is 14.1 Å². The Kier molecular flexibility index (Phi) is 4.11. The average Bonchev–Trinajstić information content (AvgIpc) is 2.90. The van der Waals surface area contributed by atoms with Crippen molar-refractivity contribution in [3.63, 3.8) is 0 Å². The number of nitrogens with one attached hydrogen (secondary N) is 1. The Balaban J connectivity index is 1.63. The molecule has 1 N–H and O–H groups in total. The van der Waals surface area contributed by atoms with E-state index in [0.717, 1.165) is 15.2 Å². The molecule has 0 aliphatic heterocycles. The molecule has 0 aliphatic carbocycles. The summed E-state index contributed by atoms with van der Waals surface area (Å²) in [5, 5.41) is 8.45. The quantitative estimate of drug-likeness (QED) is 0.765. The van der Waals surface area contributed by atoms with Gasteiger partial charge in [0.1, 0.15) is 11.5 Å². The molecule has 0 atom stereocenters. The summed E-state index contributed by atoms with van der Waals surface area (Å²) >= 11 is 3.44. The van der Waals surface area contributed by atoms with Crippen LogP contribution in [0, 0.1) is 6.92 Å². The number of carbonyl (C=O) groups is 1. The fraction of sp³-hybridized carbons (Fsp3) is 0.125. The highest BCUT2D eigenvalue weighted by molar-refractivity contribution is 9.10. The van der Waals surface area contributed by atoms with Crippen LogP contribution >= 0.6 is 15.9 Å². The number of carbonyl (C=O) groups excluding carboxylic acids is 1. The first-order valence-electron chi connectivity index (χ1n) is 6.65. The Labute approximate surface area is 135 Å². The molecule has 5 nitrogen and oxygen atoms in total. The summed E-state index contributed by atoms with van der Waals surface area (Å²) in [4.78, 5) is 11.8. The molecule has 3 aromatic rings. The van der Waals surface area contributed by atoms with Gasteiger partial charge in [0.15, 0.2) is 12.4 Å². The van der Waals surface area contributed by atoms with E-state index in [4.69, 9.17) is 9.26 Å². The van der Waals surface area contributed by atoms with Crippen LogP contribution < -0.4 is 10.1 Å². The van der Waals surface area contributed by atoms with Crippen LogP contribution in [0.5, 0.6) is 5.75 Å². The van der Waals surface area contributed by atoms with Crippen molar-refractivity contribution >= 4 is 38.4 Å². The van der Waals surface area contributed by atoms with Crippen LogP contribution in [0.2, 0.25) is 0 Å². The molecule has 0 unspecified atom stereocenters. The van der Waals surface area contributed by atoms with Crippen LogP contribution in [0.3, 0.4) is 0 Å². The van der Waals surface area contributed by atoms with E-state index in [1.54, 1.807) is 13.0 Å². The first-order valence-corrected chi connectivity index (χ1v) is 7.45. The molecule has 0 spiro atoms. The van der Waals surface area contributed by atoms with Crippen LogP contribution in [0.4, 0.5) is 5.82 Å². The number of halogens is 1. The first-order chi connectivity index (χ1) is 10.6. The third kappa shape index (κ3) is 3.46. The smallest absolute Gasteiger partial charge is 0.263 e. The maximum atomic E-state index is 11.8. The topological polar surface area (TPSA) is 64.4 Å². The zero-order valence-corrected chi connectivity index (χ0v) is 13.4. The fourth-order valence-electron chi connectivity index (χ4n) is 2.04. The van der Waals surface area contributed by atoms with Gasteiger partial charge in [-0.05, 0) is 42.0 Å². The maximum absolute atomic E-state index is 11.8. The van der Waals surface area contributed by atoms with Crippen LogP contribution in [0.1, 0.15) is 5.76 Å². The molecule has 1 aromatic heterocycles. The monoisotopic (exact) mass is 360 g/mol. The number of ether oxygens (including phenoxy) is 1. The summed E-state index contributed by atoms with van der Waals surface area (Å²) in [5.41, 5.74) is 0. The third-order valence-electron chi connectivity index (χ3n) is 3.04. The molecule has 1 amide bonds. The molecular weight excluding hydrogens is 348 g/mol. The van der Waals surface area contributed by atoms with E-state index in [0.29, 0.717) is 17.3 Å². The molecule has 0 aliphatic rings. The van der Waals surface area contributed by atoms with E-state index in [-0.39, 0.29) is 12.5 Å². The second-order valence-electron chi connectivity index (χ2n) is 4.81. The Morgan fingerprint density at radius 3 is 2.77 bits per heavy atom. The number of hydrogen-bond donors (Lipinski definition) is 1. The predicted molar refractivity (Wildman–Crippen MR) is 87.0 cm³/mol. The molecule has 112 valence electrons. The predicted octanol–water partition coefficient (Wildman–Crippen LogP) is 3.92. The summed E-state index contributed by atoms with van der Waals surface area (Å²) in [6.45, 7) is 1.67. The van der Waals surface area contributed by atoms with Crippen LogP contribution in [0.15, 0.2) is 51.5 Å². The van der Waals surface area contributed by atoms with Crippen molar-refractivity contribution in [1.29, 1.82) is 0 Å². The lowest BCUT2D eigenvalue weighted by molar-refractivity contribution is -0.118. The van der Waals surface area contributed by atoms with E-state index in [1.165, 1.54) is 0 Å². The summed E-state index contributed by atoms with van der Waals surface area (Å²) in [6, 6.07) is 13.3. The summed E-state index contributed by atoms with van der Waals surface area (Å²) in [6.07, 6.45) is 0. The van der Waals surface area contributed by atoms with E-state index in [2.05, 4.69) is 26.4 Å². The number of aromatic nitrogens is 1. The van der Waals surface area contributed by atoms with E-state index in [1.807, 2.05) is 36.4 Å². The lowest BCUT2D eigenvalue weighted by Gasteiger charge is -2.07. The molecule has 0 saturated heterocycles. The molecule has 0 radical (unpaired) electrons. The number of fused-ring (bicyclic) bond motifs is 1. The highest BCUT2D eigenvalue weighted by Gasteiger charge is 2.07. The Bertz CT molecular complexity index is 829. The van der Waals surface area contributed by atoms with Gasteiger partial charge in [-0.2, -0.15) is 0 Å². The molecule has 0 fully saturated rings. The number of aryl methyl sites for hydroxylation is 1. The highest BCUT2D eigenvalue weighted by atomic mass is 79.9. The van der Waals surface area contributed by atoms with Crippen molar-refractivity contribution in [3.05, 3.63) is 52.7 Å². The summed E-state index contributed by atoms with van der Waals surface area (Å²) < 4.78 is 11.4. The molecule has 2 aromatic carbocycles. The second-order valence-corrected chi connectivity index (χ2v) is 5.73. The molecule has 3 rings (SSSR count). The van der Waals surface area contributed by atoms with Crippen molar-refractivity contribution in [1.82, 2.24) is 5.16 Å². The summed E-state index contributed by atoms with van der Waals surface area (Å²) in [7, 11) is 0. The highest BCUT2D eigenvalue weighted by Crippen LogP contribution is 2.24. The Hall–Kier alpha value is -2.34. The minimum absolute atomic E-state index is 0.0893. The number of rotatable bonds is 4. The summed E-state index contributed by atoms with van der Waals surface area (Å²) in [5.74, 6) is 1.37. The van der Waals surface area contributed by atoms with E-state index < -0.39 is 0 Å².